The third-order valence-corrected chi connectivity index (χ3v) is 4.72. The number of aliphatic hydroxyl groups is 1. The van der Waals surface area contributed by atoms with Crippen LogP contribution in [0.3, 0.4) is 0 Å². The Hall–Kier alpha value is -1.99. The number of hydrogen-bond donors (Lipinski definition) is 1. The number of hydrogen-bond acceptors (Lipinski definition) is 6. The molecule has 1 N–H and O–H groups in total. The van der Waals surface area contributed by atoms with Gasteiger partial charge in [-0.15, -0.1) is 0 Å². The molecule has 1 aromatic carbocycles. The second-order valence-electron chi connectivity index (χ2n) is 9.29. The van der Waals surface area contributed by atoms with Crippen LogP contribution in [0.15, 0.2) is 18.2 Å². The van der Waals surface area contributed by atoms with E-state index in [4.69, 9.17) is 18.9 Å². The number of amides is 1. The van der Waals surface area contributed by atoms with E-state index in [-0.39, 0.29) is 12.6 Å². The second kappa shape index (κ2) is 6.81. The first-order valence-corrected chi connectivity index (χ1v) is 9.63. The summed E-state index contributed by atoms with van der Waals surface area (Å²) in [6, 6.07) is 5.35. The van der Waals surface area contributed by atoms with Crippen molar-refractivity contribution in [3.63, 3.8) is 0 Å². The molecule has 0 aliphatic carbocycles. The molecule has 7 heteroatoms. The smallest absolute Gasteiger partial charge is 0.412 e. The summed E-state index contributed by atoms with van der Waals surface area (Å²) in [4.78, 5) is 14.5. The van der Waals surface area contributed by atoms with Crippen molar-refractivity contribution in [2.45, 2.75) is 84.1 Å². The third kappa shape index (κ3) is 4.20. The quantitative estimate of drug-likeness (QED) is 0.847. The van der Waals surface area contributed by atoms with Gasteiger partial charge in [-0.3, -0.25) is 4.90 Å². The van der Waals surface area contributed by atoms with E-state index in [1.54, 1.807) is 4.90 Å². The predicted octanol–water partition coefficient (Wildman–Crippen LogP) is 3.47. The van der Waals surface area contributed by atoms with Gasteiger partial charge in [0.1, 0.15) is 17.4 Å². The molecule has 0 aromatic heterocycles. The Labute approximate surface area is 166 Å². The highest BCUT2D eigenvalue weighted by atomic mass is 16.7. The van der Waals surface area contributed by atoms with Gasteiger partial charge in [0.2, 0.25) is 5.79 Å². The third-order valence-electron chi connectivity index (χ3n) is 4.72. The van der Waals surface area contributed by atoms with Gasteiger partial charge >= 0.3 is 6.09 Å². The number of fused-ring (bicyclic) bond motifs is 1. The summed E-state index contributed by atoms with van der Waals surface area (Å²) in [5.41, 5.74) is -0.559. The molecular weight excluding hydrogens is 362 g/mol. The highest BCUT2D eigenvalue weighted by Gasteiger charge is 2.51. The fourth-order valence-corrected chi connectivity index (χ4v) is 3.75. The van der Waals surface area contributed by atoms with Gasteiger partial charge in [0.05, 0.1) is 12.6 Å². The van der Waals surface area contributed by atoms with Crippen molar-refractivity contribution >= 4 is 6.09 Å². The van der Waals surface area contributed by atoms with E-state index in [1.807, 2.05) is 66.7 Å². The fraction of sp³-hybridized carbons (Fsp3) is 0.667. The number of benzene rings is 1. The van der Waals surface area contributed by atoms with Gasteiger partial charge in [-0.05, 0) is 58.7 Å². The molecule has 0 unspecified atom stereocenters. The normalized spacial score (nSPS) is 25.1. The lowest BCUT2D eigenvalue weighted by Gasteiger charge is -2.35. The molecule has 2 heterocycles. The molecule has 1 saturated heterocycles. The molecule has 0 spiro atoms. The molecule has 0 radical (unpaired) electrons. The molecule has 28 heavy (non-hydrogen) atoms. The fourth-order valence-electron chi connectivity index (χ4n) is 3.75. The first-order chi connectivity index (χ1) is 12.8. The maximum absolute atomic E-state index is 12.9. The minimum atomic E-state index is -0.890. The van der Waals surface area contributed by atoms with Crippen LogP contribution in [-0.2, 0) is 15.9 Å². The number of rotatable bonds is 3. The number of carbonyl (C=O) groups excluding carboxylic acids is 1. The maximum atomic E-state index is 12.9. The molecule has 2 aliphatic heterocycles. The van der Waals surface area contributed by atoms with E-state index in [2.05, 4.69) is 0 Å². The Bertz CT molecular complexity index is 752. The van der Waals surface area contributed by atoms with Crippen LogP contribution >= 0.6 is 0 Å². The number of ether oxygens (including phenoxy) is 4. The van der Waals surface area contributed by atoms with Gasteiger partial charge in [0, 0.05) is 13.8 Å². The van der Waals surface area contributed by atoms with Crippen molar-refractivity contribution < 1.29 is 28.8 Å². The minimum absolute atomic E-state index is 0.190. The van der Waals surface area contributed by atoms with Crippen molar-refractivity contribution in [1.29, 1.82) is 0 Å². The minimum Gasteiger partial charge on any atom is -0.449 e. The van der Waals surface area contributed by atoms with Crippen LogP contribution in [0, 0.1) is 0 Å². The Morgan fingerprint density at radius 3 is 2.43 bits per heavy atom. The summed E-state index contributed by atoms with van der Waals surface area (Å²) in [6.07, 6.45) is -0.477. The molecule has 1 aromatic rings. The molecule has 156 valence electrons. The molecular formula is C21H31NO6. The van der Waals surface area contributed by atoms with Gasteiger partial charge in [-0.1, -0.05) is 6.07 Å². The van der Waals surface area contributed by atoms with E-state index in [1.165, 1.54) is 0 Å². The van der Waals surface area contributed by atoms with Gasteiger partial charge < -0.3 is 24.1 Å². The van der Waals surface area contributed by atoms with Crippen molar-refractivity contribution in [1.82, 2.24) is 4.90 Å². The van der Waals surface area contributed by atoms with Crippen LogP contribution in [0.25, 0.3) is 0 Å². The highest BCUT2D eigenvalue weighted by molar-refractivity contribution is 5.70. The molecule has 1 fully saturated rings. The Morgan fingerprint density at radius 2 is 1.82 bits per heavy atom. The summed E-state index contributed by atoms with van der Waals surface area (Å²) in [6.45, 7) is 12.6. The zero-order valence-electron chi connectivity index (χ0n) is 17.7. The summed E-state index contributed by atoms with van der Waals surface area (Å²) < 4.78 is 23.1. The van der Waals surface area contributed by atoms with Crippen LogP contribution in [0.2, 0.25) is 0 Å². The summed E-state index contributed by atoms with van der Waals surface area (Å²) >= 11 is 0. The Morgan fingerprint density at radius 1 is 1.18 bits per heavy atom. The van der Waals surface area contributed by atoms with Gasteiger partial charge in [-0.2, -0.15) is 0 Å². The van der Waals surface area contributed by atoms with Gasteiger partial charge in [0.25, 0.3) is 0 Å². The summed E-state index contributed by atoms with van der Waals surface area (Å²) in [5, 5.41) is 9.85. The summed E-state index contributed by atoms with van der Waals surface area (Å²) in [7, 11) is 0. The average Bonchev–Trinajstić information content (AvgIpc) is 2.96. The van der Waals surface area contributed by atoms with Gasteiger partial charge in [0.15, 0.2) is 11.5 Å². The lowest BCUT2D eigenvalue weighted by molar-refractivity contribution is -0.0866. The molecule has 3 rings (SSSR count). The van der Waals surface area contributed by atoms with Crippen LogP contribution < -0.4 is 9.47 Å². The van der Waals surface area contributed by atoms with Crippen molar-refractivity contribution in [3.05, 3.63) is 23.8 Å². The summed E-state index contributed by atoms with van der Waals surface area (Å²) in [5.74, 6) is 0.666. The first kappa shape index (κ1) is 20.7. The average molecular weight is 393 g/mol. The van der Waals surface area contributed by atoms with Crippen LogP contribution in [0.5, 0.6) is 11.5 Å². The van der Waals surface area contributed by atoms with Crippen LogP contribution in [0.1, 0.15) is 54.0 Å². The van der Waals surface area contributed by atoms with E-state index in [0.717, 1.165) is 5.56 Å². The van der Waals surface area contributed by atoms with Crippen molar-refractivity contribution in [2.24, 2.45) is 0 Å². The first-order valence-electron chi connectivity index (χ1n) is 9.63. The molecule has 1 amide bonds. The maximum Gasteiger partial charge on any atom is 0.412 e. The van der Waals surface area contributed by atoms with Crippen LogP contribution in [-0.4, -0.2) is 52.0 Å². The lowest BCUT2D eigenvalue weighted by atomic mass is 10.00. The second-order valence-corrected chi connectivity index (χ2v) is 9.29. The molecule has 7 nitrogen and oxygen atoms in total. The number of carbonyl (C=O) groups is 1. The zero-order valence-corrected chi connectivity index (χ0v) is 17.7. The van der Waals surface area contributed by atoms with E-state index in [9.17, 15) is 9.90 Å². The molecule has 2 atom stereocenters. The lowest BCUT2D eigenvalue weighted by Crippen LogP contribution is -2.51. The van der Waals surface area contributed by atoms with Crippen LogP contribution in [0.4, 0.5) is 4.79 Å². The topological polar surface area (TPSA) is 77.5 Å². The highest BCUT2D eigenvalue weighted by Crippen LogP contribution is 2.41. The SMILES string of the molecule is CC(C)(C)OC(=O)N1[C@@H](Cc2ccc3c(c2)OC(C)(C)O3)[C@@H](CO)OC1(C)C. The Kier molecular flexibility index (Phi) is 5.04. The van der Waals surface area contributed by atoms with E-state index >= 15 is 0 Å². The number of aliphatic hydroxyl groups excluding tert-OH is 1. The zero-order chi connectivity index (χ0) is 20.9. The standard InChI is InChI=1S/C21H31NO6/c1-19(2,3)28-18(24)22-14(17(12-23)25-20(22,4)5)10-13-8-9-15-16(11-13)27-21(6,7)26-15/h8-9,11,14,17,23H,10,12H2,1-7H3/t14-,17+/m0/s1. The Balaban J connectivity index is 1.86. The molecule has 2 aliphatic rings. The van der Waals surface area contributed by atoms with Crippen molar-refractivity contribution in [3.8, 4) is 11.5 Å². The van der Waals surface area contributed by atoms with Gasteiger partial charge in [-0.25, -0.2) is 4.79 Å². The molecule has 0 saturated carbocycles. The van der Waals surface area contributed by atoms with Crippen molar-refractivity contribution in [2.75, 3.05) is 6.61 Å². The number of nitrogens with zero attached hydrogens (tertiary/aromatic N) is 1. The monoisotopic (exact) mass is 393 g/mol. The van der Waals surface area contributed by atoms with E-state index in [0.29, 0.717) is 17.9 Å². The largest absolute Gasteiger partial charge is 0.449 e. The predicted molar refractivity (Wildman–Crippen MR) is 103 cm³/mol. The van der Waals surface area contributed by atoms with E-state index < -0.39 is 29.3 Å². The molecule has 0 bridgehead atoms.